The van der Waals surface area contributed by atoms with E-state index in [0.29, 0.717) is 17.2 Å². The third-order valence-corrected chi connectivity index (χ3v) is 8.76. The zero-order chi connectivity index (χ0) is 22.9. The topological polar surface area (TPSA) is 72.5 Å². The van der Waals surface area contributed by atoms with Gasteiger partial charge in [0.1, 0.15) is 15.6 Å². The zero-order valence-electron chi connectivity index (χ0n) is 18.5. The molecule has 0 bridgehead atoms. The van der Waals surface area contributed by atoms with Crippen LogP contribution in [-0.4, -0.2) is 20.9 Å². The van der Waals surface area contributed by atoms with Crippen molar-refractivity contribution in [3.05, 3.63) is 69.6 Å². The van der Waals surface area contributed by atoms with Crippen LogP contribution in [0, 0.1) is 20.8 Å². The minimum atomic E-state index is -3.75. The lowest BCUT2D eigenvalue weighted by Crippen LogP contribution is -2.21. The fraction of sp³-hybridized carbons (Fsp3) is 0.320. The van der Waals surface area contributed by atoms with Crippen molar-refractivity contribution in [2.24, 2.45) is 0 Å². The SMILES string of the molecule is Cc1ccc(S(=O)(=O)c2c(NC(=O)COc3cc(C)cc(C)c3)sc3c2CCCC3)cc1. The lowest BCUT2D eigenvalue weighted by Gasteiger charge is -2.14. The maximum absolute atomic E-state index is 13.6. The number of rotatable bonds is 6. The van der Waals surface area contributed by atoms with Gasteiger partial charge in [0, 0.05) is 4.88 Å². The van der Waals surface area contributed by atoms with E-state index in [0.717, 1.165) is 46.4 Å². The molecule has 32 heavy (non-hydrogen) atoms. The predicted molar refractivity (Wildman–Crippen MR) is 128 cm³/mol. The third kappa shape index (κ3) is 4.74. The standard InChI is InChI=1S/C25H27NO4S2/c1-16-8-10-20(11-9-16)32(28,29)24-21-6-4-5-7-22(21)31-25(24)26-23(27)15-30-19-13-17(2)12-18(3)14-19/h8-14H,4-7,15H2,1-3H3,(H,26,27). The minimum absolute atomic E-state index is 0.185. The van der Waals surface area contributed by atoms with Gasteiger partial charge in [0.05, 0.1) is 4.90 Å². The van der Waals surface area contributed by atoms with E-state index in [2.05, 4.69) is 5.32 Å². The molecule has 0 spiro atoms. The van der Waals surface area contributed by atoms with Crippen LogP contribution >= 0.6 is 11.3 Å². The summed E-state index contributed by atoms with van der Waals surface area (Å²) in [5.41, 5.74) is 3.95. The summed E-state index contributed by atoms with van der Waals surface area (Å²) in [6.07, 6.45) is 3.52. The molecule has 1 amide bonds. The van der Waals surface area contributed by atoms with Crippen molar-refractivity contribution in [3.8, 4) is 5.75 Å². The molecule has 1 aliphatic rings. The molecule has 0 aliphatic heterocycles. The number of hydrogen-bond donors (Lipinski definition) is 1. The number of nitrogens with one attached hydrogen (secondary N) is 1. The summed E-state index contributed by atoms with van der Waals surface area (Å²) in [6.45, 7) is 5.68. The summed E-state index contributed by atoms with van der Waals surface area (Å²) in [7, 11) is -3.75. The number of fused-ring (bicyclic) bond motifs is 1. The summed E-state index contributed by atoms with van der Waals surface area (Å²) in [4.78, 5) is 14.3. The highest BCUT2D eigenvalue weighted by atomic mass is 32.2. The predicted octanol–water partition coefficient (Wildman–Crippen LogP) is 5.40. The number of anilines is 1. The third-order valence-electron chi connectivity index (χ3n) is 5.54. The monoisotopic (exact) mass is 469 g/mol. The number of carbonyl (C=O) groups excluding carboxylic acids is 1. The molecular weight excluding hydrogens is 442 g/mol. The van der Waals surface area contributed by atoms with E-state index in [1.54, 1.807) is 24.3 Å². The molecule has 168 valence electrons. The minimum Gasteiger partial charge on any atom is -0.484 e. The Morgan fingerprint density at radius 2 is 1.62 bits per heavy atom. The van der Waals surface area contributed by atoms with E-state index in [-0.39, 0.29) is 22.3 Å². The normalized spacial score (nSPS) is 13.5. The van der Waals surface area contributed by atoms with Crippen LogP contribution in [0.15, 0.2) is 52.3 Å². The smallest absolute Gasteiger partial charge is 0.262 e. The largest absolute Gasteiger partial charge is 0.484 e. The maximum atomic E-state index is 13.6. The number of sulfone groups is 1. The number of benzene rings is 2. The van der Waals surface area contributed by atoms with Crippen molar-refractivity contribution in [3.63, 3.8) is 0 Å². The average molecular weight is 470 g/mol. The van der Waals surface area contributed by atoms with Gasteiger partial charge in [0.2, 0.25) is 9.84 Å². The van der Waals surface area contributed by atoms with Crippen LogP contribution in [-0.2, 0) is 27.5 Å². The molecular formula is C25H27NO4S2. The quantitative estimate of drug-likeness (QED) is 0.524. The van der Waals surface area contributed by atoms with Gasteiger partial charge in [-0.15, -0.1) is 11.3 Å². The van der Waals surface area contributed by atoms with Crippen LogP contribution < -0.4 is 10.1 Å². The van der Waals surface area contributed by atoms with Gasteiger partial charge in [-0.25, -0.2) is 8.42 Å². The van der Waals surface area contributed by atoms with Crippen molar-refractivity contribution < 1.29 is 17.9 Å². The van der Waals surface area contributed by atoms with Crippen LogP contribution in [0.25, 0.3) is 0 Å². The summed E-state index contributed by atoms with van der Waals surface area (Å²) < 4.78 is 32.8. The summed E-state index contributed by atoms with van der Waals surface area (Å²) >= 11 is 1.37. The number of thiophene rings is 1. The first-order valence-electron chi connectivity index (χ1n) is 10.7. The Hall–Kier alpha value is -2.64. The molecule has 0 saturated heterocycles. The first-order valence-corrected chi connectivity index (χ1v) is 13.0. The second-order valence-corrected chi connectivity index (χ2v) is 11.3. The highest BCUT2D eigenvalue weighted by Crippen LogP contribution is 2.43. The molecule has 1 N–H and O–H groups in total. The molecule has 0 unspecified atom stereocenters. The number of hydrogen-bond acceptors (Lipinski definition) is 5. The number of amides is 1. The molecule has 1 aliphatic carbocycles. The first kappa shape index (κ1) is 22.6. The second kappa shape index (κ2) is 9.08. The molecule has 1 heterocycles. The zero-order valence-corrected chi connectivity index (χ0v) is 20.2. The molecule has 0 fully saturated rings. The van der Waals surface area contributed by atoms with Gasteiger partial charge in [-0.2, -0.15) is 0 Å². The number of ether oxygens (including phenoxy) is 1. The van der Waals surface area contributed by atoms with Crippen LogP contribution in [0.2, 0.25) is 0 Å². The lowest BCUT2D eigenvalue weighted by molar-refractivity contribution is -0.118. The van der Waals surface area contributed by atoms with Gasteiger partial charge in [-0.05, 0) is 87.4 Å². The summed E-state index contributed by atoms with van der Waals surface area (Å²) in [5, 5.41) is 3.22. The second-order valence-electron chi connectivity index (χ2n) is 8.35. The van der Waals surface area contributed by atoms with Gasteiger partial charge >= 0.3 is 0 Å². The Bertz CT molecular complexity index is 1240. The van der Waals surface area contributed by atoms with E-state index in [1.807, 2.05) is 39.0 Å². The fourth-order valence-corrected chi connectivity index (χ4v) is 7.36. The van der Waals surface area contributed by atoms with Crippen molar-refractivity contribution in [2.75, 3.05) is 11.9 Å². The summed E-state index contributed by atoms with van der Waals surface area (Å²) in [6, 6.07) is 12.6. The van der Waals surface area contributed by atoms with Crippen LogP contribution in [0.3, 0.4) is 0 Å². The Labute approximate surface area is 193 Å². The molecule has 0 atom stereocenters. The molecule has 4 rings (SSSR count). The van der Waals surface area contributed by atoms with E-state index < -0.39 is 9.84 Å². The van der Waals surface area contributed by atoms with E-state index in [1.165, 1.54) is 11.3 Å². The van der Waals surface area contributed by atoms with Crippen LogP contribution in [0.1, 0.15) is 40.0 Å². The Kier molecular flexibility index (Phi) is 6.40. The van der Waals surface area contributed by atoms with Crippen molar-refractivity contribution >= 4 is 32.1 Å². The molecule has 0 radical (unpaired) electrons. The highest BCUT2D eigenvalue weighted by Gasteiger charge is 2.31. The van der Waals surface area contributed by atoms with E-state index >= 15 is 0 Å². The molecule has 5 nitrogen and oxygen atoms in total. The Balaban J connectivity index is 1.62. The van der Waals surface area contributed by atoms with Crippen molar-refractivity contribution in [1.29, 1.82) is 0 Å². The van der Waals surface area contributed by atoms with Gasteiger partial charge in [0.15, 0.2) is 6.61 Å². The van der Waals surface area contributed by atoms with Gasteiger partial charge in [-0.1, -0.05) is 23.8 Å². The number of carbonyl (C=O) groups is 1. The van der Waals surface area contributed by atoms with Crippen LogP contribution in [0.5, 0.6) is 5.75 Å². The van der Waals surface area contributed by atoms with Gasteiger partial charge in [-0.3, -0.25) is 4.79 Å². The highest BCUT2D eigenvalue weighted by molar-refractivity contribution is 7.92. The number of aryl methyl sites for hydroxylation is 4. The average Bonchev–Trinajstić information content (AvgIpc) is 3.10. The molecule has 3 aromatic rings. The molecule has 7 heteroatoms. The molecule has 1 aromatic heterocycles. The van der Waals surface area contributed by atoms with Gasteiger partial charge < -0.3 is 10.1 Å². The fourth-order valence-electron chi connectivity index (χ4n) is 4.07. The Morgan fingerprint density at radius 1 is 0.969 bits per heavy atom. The van der Waals surface area contributed by atoms with E-state index in [9.17, 15) is 13.2 Å². The lowest BCUT2D eigenvalue weighted by atomic mass is 9.99. The maximum Gasteiger partial charge on any atom is 0.262 e. The first-order chi connectivity index (χ1) is 15.2. The Morgan fingerprint density at radius 3 is 2.31 bits per heavy atom. The summed E-state index contributed by atoms with van der Waals surface area (Å²) in [5.74, 6) is 0.249. The van der Waals surface area contributed by atoms with E-state index in [4.69, 9.17) is 4.74 Å². The molecule has 0 saturated carbocycles. The van der Waals surface area contributed by atoms with Crippen molar-refractivity contribution in [1.82, 2.24) is 0 Å². The molecule has 2 aromatic carbocycles. The van der Waals surface area contributed by atoms with Crippen molar-refractivity contribution in [2.45, 2.75) is 56.2 Å². The van der Waals surface area contributed by atoms with Crippen LogP contribution in [0.4, 0.5) is 5.00 Å². The van der Waals surface area contributed by atoms with Gasteiger partial charge in [0.25, 0.3) is 5.91 Å².